The summed E-state index contributed by atoms with van der Waals surface area (Å²) in [6.07, 6.45) is 8.46. The zero-order chi connectivity index (χ0) is 23.5. The van der Waals surface area contributed by atoms with E-state index in [4.69, 9.17) is 14.5 Å². The molecule has 3 atom stereocenters. The van der Waals surface area contributed by atoms with Crippen molar-refractivity contribution in [2.24, 2.45) is 0 Å². The maximum atomic E-state index is 12.6. The third-order valence-corrected chi connectivity index (χ3v) is 8.20. The summed E-state index contributed by atoms with van der Waals surface area (Å²) in [5, 5.41) is 11.5. The van der Waals surface area contributed by atoms with E-state index < -0.39 is 17.7 Å². The Morgan fingerprint density at radius 3 is 2.85 bits per heavy atom. The molecule has 0 fully saturated rings. The van der Waals surface area contributed by atoms with E-state index in [1.165, 1.54) is 21.4 Å². The van der Waals surface area contributed by atoms with E-state index in [1.54, 1.807) is 11.3 Å². The number of pyridine rings is 1. The summed E-state index contributed by atoms with van der Waals surface area (Å²) in [4.78, 5) is 20.0. The average Bonchev–Trinajstić information content (AvgIpc) is 3.11. The van der Waals surface area contributed by atoms with Crippen LogP contribution in [0.15, 0.2) is 23.5 Å². The summed E-state index contributed by atoms with van der Waals surface area (Å²) in [5.74, 6) is 0.293. The van der Waals surface area contributed by atoms with E-state index in [1.807, 2.05) is 27.7 Å². The molecule has 2 unspecified atom stereocenters. The fraction of sp³-hybridized carbons (Fsp3) is 0.556. The van der Waals surface area contributed by atoms with Crippen molar-refractivity contribution in [1.29, 1.82) is 0 Å². The number of carboxylic acid groups (broad SMARTS) is 1. The lowest BCUT2D eigenvalue weighted by atomic mass is 9.77. The van der Waals surface area contributed by atoms with Gasteiger partial charge >= 0.3 is 5.97 Å². The molecular formula is C27H33NO4S. The number of hydrogen-bond acceptors (Lipinski definition) is 5. The lowest BCUT2D eigenvalue weighted by Gasteiger charge is -2.35. The second-order valence-corrected chi connectivity index (χ2v) is 11.5. The molecule has 5 rings (SSSR count). The van der Waals surface area contributed by atoms with E-state index in [0.29, 0.717) is 18.1 Å². The molecular weight excluding hydrogens is 434 g/mol. The number of carbonyl (C=O) groups is 1. The van der Waals surface area contributed by atoms with Gasteiger partial charge in [0, 0.05) is 33.4 Å². The predicted octanol–water partition coefficient (Wildman–Crippen LogP) is 6.70. The number of carboxylic acids is 1. The number of hydrogen-bond donors (Lipinski definition) is 1. The van der Waals surface area contributed by atoms with Gasteiger partial charge in [-0.15, -0.1) is 11.3 Å². The van der Waals surface area contributed by atoms with Crippen molar-refractivity contribution >= 4 is 27.5 Å². The molecule has 6 heteroatoms. The summed E-state index contributed by atoms with van der Waals surface area (Å²) < 4.78 is 12.7. The number of rotatable bonds is 4. The zero-order valence-electron chi connectivity index (χ0n) is 20.2. The Labute approximate surface area is 199 Å². The first-order valence-electron chi connectivity index (χ1n) is 12.1. The van der Waals surface area contributed by atoms with Crippen molar-refractivity contribution < 1.29 is 19.4 Å². The SMILES string of the molecule is CCC1=CCC2C(=C1)OCC1CCCc3sc4nc(C)c([C@H](OC(C)(C)C)C(=O)O)c2c4c31. The first-order chi connectivity index (χ1) is 15.7. The lowest BCUT2D eigenvalue weighted by Crippen LogP contribution is -2.30. The Morgan fingerprint density at radius 2 is 2.15 bits per heavy atom. The molecule has 0 aromatic carbocycles. The van der Waals surface area contributed by atoms with E-state index in [9.17, 15) is 9.90 Å². The van der Waals surface area contributed by atoms with Gasteiger partial charge in [0.15, 0.2) is 6.10 Å². The molecule has 2 aromatic heterocycles. The summed E-state index contributed by atoms with van der Waals surface area (Å²) in [7, 11) is 0. The Hall–Kier alpha value is -2.18. The molecule has 0 saturated carbocycles. The van der Waals surface area contributed by atoms with Crippen LogP contribution in [0.4, 0.5) is 0 Å². The number of thiophene rings is 1. The molecule has 176 valence electrons. The van der Waals surface area contributed by atoms with Gasteiger partial charge in [0.1, 0.15) is 10.6 Å². The van der Waals surface area contributed by atoms with Gasteiger partial charge in [0.2, 0.25) is 0 Å². The van der Waals surface area contributed by atoms with Crippen molar-refractivity contribution in [2.45, 2.75) is 90.3 Å². The van der Waals surface area contributed by atoms with Gasteiger partial charge < -0.3 is 14.6 Å². The monoisotopic (exact) mass is 467 g/mol. The van der Waals surface area contributed by atoms with Gasteiger partial charge in [-0.2, -0.15) is 0 Å². The van der Waals surface area contributed by atoms with Crippen LogP contribution in [0.25, 0.3) is 10.2 Å². The van der Waals surface area contributed by atoms with Gasteiger partial charge in [-0.25, -0.2) is 9.78 Å². The molecule has 5 nitrogen and oxygen atoms in total. The largest absolute Gasteiger partial charge is 0.497 e. The van der Waals surface area contributed by atoms with Crippen LogP contribution in [0.2, 0.25) is 0 Å². The number of fused-ring (bicyclic) bond motifs is 2. The highest BCUT2D eigenvalue weighted by molar-refractivity contribution is 7.18. The van der Waals surface area contributed by atoms with Gasteiger partial charge in [-0.3, -0.25) is 0 Å². The number of nitrogens with zero attached hydrogens (tertiary/aromatic N) is 1. The third-order valence-electron chi connectivity index (χ3n) is 7.04. The molecule has 3 heterocycles. The van der Waals surface area contributed by atoms with Gasteiger partial charge in [0.25, 0.3) is 0 Å². The van der Waals surface area contributed by atoms with Gasteiger partial charge in [-0.05, 0) is 82.6 Å². The van der Waals surface area contributed by atoms with Crippen LogP contribution in [0.5, 0.6) is 0 Å². The summed E-state index contributed by atoms with van der Waals surface area (Å²) in [5.41, 5.74) is 4.55. The standard InChI is InChI=1S/C27H33NO4S/c1-6-15-10-11-17-18(12-15)31-13-16-8-7-9-19-21(16)23-22(17)20(14(2)28-25(23)33-19)24(26(29)30)32-27(3,4)5/h10,12,16-17,24H,6-9,11,13H2,1-5H3,(H,29,30)/t16?,17?,24-/m0/s1. The summed E-state index contributed by atoms with van der Waals surface area (Å²) in [6, 6.07) is 0. The van der Waals surface area contributed by atoms with Crippen molar-refractivity contribution in [3.8, 4) is 0 Å². The second kappa shape index (κ2) is 8.24. The molecule has 0 amide bonds. The quantitative estimate of drug-likeness (QED) is 0.542. The minimum absolute atomic E-state index is 0.0218. The number of aliphatic carboxylic acids is 1. The fourth-order valence-electron chi connectivity index (χ4n) is 5.65. The maximum absolute atomic E-state index is 12.6. The maximum Gasteiger partial charge on any atom is 0.337 e. The zero-order valence-corrected chi connectivity index (χ0v) is 21.0. The number of aromatic nitrogens is 1. The third kappa shape index (κ3) is 3.91. The van der Waals surface area contributed by atoms with Crippen molar-refractivity contribution in [1.82, 2.24) is 4.98 Å². The summed E-state index contributed by atoms with van der Waals surface area (Å²) >= 11 is 1.79. The lowest BCUT2D eigenvalue weighted by molar-refractivity contribution is -0.160. The highest BCUT2D eigenvalue weighted by Gasteiger charge is 2.40. The molecule has 1 N–H and O–H groups in total. The smallest absolute Gasteiger partial charge is 0.337 e. The molecule has 1 aliphatic heterocycles. The van der Waals surface area contributed by atoms with Crippen LogP contribution in [0.1, 0.15) is 98.6 Å². The highest BCUT2D eigenvalue weighted by Crippen LogP contribution is 2.52. The molecule has 33 heavy (non-hydrogen) atoms. The normalized spacial score (nSPS) is 23.1. The molecule has 0 bridgehead atoms. The first-order valence-corrected chi connectivity index (χ1v) is 12.9. The Balaban J connectivity index is 1.84. The number of allylic oxidation sites excluding steroid dienone is 4. The Morgan fingerprint density at radius 1 is 1.36 bits per heavy atom. The fourth-order valence-corrected chi connectivity index (χ4v) is 7.01. The van der Waals surface area contributed by atoms with Crippen LogP contribution in [-0.2, 0) is 20.7 Å². The number of aryl methyl sites for hydroxylation is 2. The van der Waals surface area contributed by atoms with Crippen LogP contribution in [-0.4, -0.2) is 28.3 Å². The molecule has 0 radical (unpaired) electrons. The van der Waals surface area contributed by atoms with Crippen molar-refractivity contribution in [3.63, 3.8) is 0 Å². The minimum Gasteiger partial charge on any atom is -0.497 e. The summed E-state index contributed by atoms with van der Waals surface area (Å²) in [6.45, 7) is 10.5. The Bertz CT molecular complexity index is 1180. The van der Waals surface area contributed by atoms with Crippen molar-refractivity contribution in [3.05, 3.63) is 50.7 Å². The topological polar surface area (TPSA) is 68.7 Å². The number of ether oxygens (including phenoxy) is 2. The van der Waals surface area contributed by atoms with Crippen LogP contribution >= 0.6 is 11.3 Å². The highest BCUT2D eigenvalue weighted by atomic mass is 32.1. The van der Waals surface area contributed by atoms with Crippen LogP contribution in [0.3, 0.4) is 0 Å². The predicted molar refractivity (Wildman–Crippen MR) is 131 cm³/mol. The molecule has 0 saturated heterocycles. The van der Waals surface area contributed by atoms with Gasteiger partial charge in [-0.1, -0.05) is 13.0 Å². The molecule has 2 aliphatic carbocycles. The molecule has 3 aliphatic rings. The average molecular weight is 468 g/mol. The van der Waals surface area contributed by atoms with E-state index in [0.717, 1.165) is 54.0 Å². The molecule has 0 spiro atoms. The van der Waals surface area contributed by atoms with Gasteiger partial charge in [0.05, 0.1) is 12.2 Å². The Kier molecular flexibility index (Phi) is 5.65. The van der Waals surface area contributed by atoms with Crippen LogP contribution in [0, 0.1) is 6.92 Å². The minimum atomic E-state index is -1.08. The first kappa shape index (κ1) is 22.6. The van der Waals surface area contributed by atoms with Crippen molar-refractivity contribution in [2.75, 3.05) is 6.61 Å². The van der Waals surface area contributed by atoms with E-state index in [2.05, 4.69) is 19.1 Å². The van der Waals surface area contributed by atoms with E-state index >= 15 is 0 Å². The van der Waals surface area contributed by atoms with Crippen LogP contribution < -0.4 is 0 Å². The van der Waals surface area contributed by atoms with E-state index in [-0.39, 0.29) is 5.92 Å². The second-order valence-electron chi connectivity index (χ2n) is 10.5. The molecule has 2 aromatic rings.